The Kier molecular flexibility index (Phi) is 4.25. The van der Waals surface area contributed by atoms with Crippen molar-refractivity contribution >= 4 is 15.9 Å². The number of hydrogen-bond donors (Lipinski definition) is 1. The fourth-order valence-electron chi connectivity index (χ4n) is 1.39. The van der Waals surface area contributed by atoms with Crippen molar-refractivity contribution in [2.75, 3.05) is 13.7 Å². The summed E-state index contributed by atoms with van der Waals surface area (Å²) in [7, 11) is 1.60. The van der Waals surface area contributed by atoms with E-state index in [1.165, 1.54) is 0 Å². The van der Waals surface area contributed by atoms with E-state index in [4.69, 9.17) is 10.5 Å². The molecule has 1 aromatic carbocycles. The van der Waals surface area contributed by atoms with Gasteiger partial charge in [0.05, 0.1) is 4.47 Å². The van der Waals surface area contributed by atoms with Gasteiger partial charge in [0.1, 0.15) is 5.82 Å². The second-order valence-electron chi connectivity index (χ2n) is 3.76. The molecule has 0 aromatic heterocycles. The van der Waals surface area contributed by atoms with Crippen molar-refractivity contribution in [3.05, 3.63) is 34.1 Å². The molecule has 0 aliphatic carbocycles. The van der Waals surface area contributed by atoms with Gasteiger partial charge in [-0.3, -0.25) is 0 Å². The van der Waals surface area contributed by atoms with Crippen LogP contribution in [0.15, 0.2) is 22.7 Å². The molecule has 4 heteroatoms. The van der Waals surface area contributed by atoms with Gasteiger partial charge in [-0.2, -0.15) is 0 Å². The minimum absolute atomic E-state index is 0.293. The van der Waals surface area contributed by atoms with Gasteiger partial charge in [0.15, 0.2) is 0 Å². The summed E-state index contributed by atoms with van der Waals surface area (Å²) in [5.74, 6) is -0.293. The normalized spacial score (nSPS) is 15.0. The molecule has 2 nitrogen and oxygen atoms in total. The van der Waals surface area contributed by atoms with Crippen LogP contribution in [0.1, 0.15) is 18.9 Å². The van der Waals surface area contributed by atoms with Gasteiger partial charge >= 0.3 is 0 Å². The zero-order valence-electron chi connectivity index (χ0n) is 8.89. The summed E-state index contributed by atoms with van der Waals surface area (Å²) in [4.78, 5) is 0. The molecule has 1 rings (SSSR count). The molecular formula is C11H15BrFNO. The molecule has 1 atom stereocenters. The van der Waals surface area contributed by atoms with Crippen LogP contribution in [-0.2, 0) is 10.3 Å². The average molecular weight is 276 g/mol. The van der Waals surface area contributed by atoms with Crippen LogP contribution in [-0.4, -0.2) is 13.7 Å². The molecule has 2 N–H and O–H groups in total. The minimum Gasteiger partial charge on any atom is -0.385 e. The lowest BCUT2D eigenvalue weighted by atomic mass is 9.90. The van der Waals surface area contributed by atoms with E-state index >= 15 is 0 Å². The maximum atomic E-state index is 13.8. The van der Waals surface area contributed by atoms with Gasteiger partial charge in [-0.1, -0.05) is 12.1 Å². The van der Waals surface area contributed by atoms with E-state index in [1.54, 1.807) is 32.2 Å². The Hall–Kier alpha value is -0.450. The molecule has 0 fully saturated rings. The van der Waals surface area contributed by atoms with Crippen molar-refractivity contribution < 1.29 is 9.13 Å². The molecule has 1 aromatic rings. The van der Waals surface area contributed by atoms with Crippen molar-refractivity contribution in [1.82, 2.24) is 0 Å². The SMILES string of the molecule is COCCC(C)(N)c1cccc(Br)c1F. The largest absolute Gasteiger partial charge is 0.385 e. The number of benzene rings is 1. The quantitative estimate of drug-likeness (QED) is 0.917. The van der Waals surface area contributed by atoms with Crippen LogP contribution in [0.5, 0.6) is 0 Å². The van der Waals surface area contributed by atoms with E-state index in [9.17, 15) is 4.39 Å². The van der Waals surface area contributed by atoms with Crippen LogP contribution in [0.4, 0.5) is 4.39 Å². The molecule has 0 aliphatic heterocycles. The Bertz CT molecular complexity index is 341. The molecule has 0 aliphatic rings. The summed E-state index contributed by atoms with van der Waals surface area (Å²) in [6, 6.07) is 5.14. The molecule has 15 heavy (non-hydrogen) atoms. The first-order chi connectivity index (χ1) is 6.99. The first kappa shape index (κ1) is 12.6. The van der Waals surface area contributed by atoms with E-state index in [1.807, 2.05) is 0 Å². The first-order valence-electron chi connectivity index (χ1n) is 4.71. The Labute approximate surface area is 97.7 Å². The lowest BCUT2D eigenvalue weighted by molar-refractivity contribution is 0.171. The summed E-state index contributed by atoms with van der Waals surface area (Å²) in [6.45, 7) is 2.32. The highest BCUT2D eigenvalue weighted by Crippen LogP contribution is 2.28. The van der Waals surface area contributed by atoms with Crippen molar-refractivity contribution in [3.8, 4) is 0 Å². The third-order valence-corrected chi connectivity index (χ3v) is 3.00. The number of methoxy groups -OCH3 is 1. The highest BCUT2D eigenvalue weighted by Gasteiger charge is 2.25. The smallest absolute Gasteiger partial charge is 0.142 e. The summed E-state index contributed by atoms with van der Waals surface area (Å²) >= 11 is 3.14. The second-order valence-corrected chi connectivity index (χ2v) is 4.62. The van der Waals surface area contributed by atoms with Crippen molar-refractivity contribution in [2.45, 2.75) is 18.9 Å². The molecule has 0 bridgehead atoms. The number of halogens is 2. The molecule has 0 amide bonds. The number of rotatable bonds is 4. The molecule has 0 radical (unpaired) electrons. The third kappa shape index (κ3) is 3.00. The van der Waals surface area contributed by atoms with Crippen LogP contribution in [0.2, 0.25) is 0 Å². The van der Waals surface area contributed by atoms with Crippen LogP contribution < -0.4 is 5.73 Å². The van der Waals surface area contributed by atoms with Gasteiger partial charge in [-0.15, -0.1) is 0 Å². The van der Waals surface area contributed by atoms with E-state index < -0.39 is 5.54 Å². The Morgan fingerprint density at radius 1 is 1.53 bits per heavy atom. The fraction of sp³-hybridized carbons (Fsp3) is 0.455. The number of nitrogens with two attached hydrogens (primary N) is 1. The van der Waals surface area contributed by atoms with Crippen LogP contribution in [0.3, 0.4) is 0 Å². The van der Waals surface area contributed by atoms with E-state index in [0.717, 1.165) is 0 Å². The molecule has 0 saturated heterocycles. The molecule has 0 heterocycles. The summed E-state index contributed by atoms with van der Waals surface area (Å²) in [5.41, 5.74) is 5.86. The van der Waals surface area contributed by atoms with Crippen molar-refractivity contribution in [2.24, 2.45) is 5.73 Å². The Morgan fingerprint density at radius 3 is 2.80 bits per heavy atom. The summed E-state index contributed by atoms with van der Waals surface area (Å²) in [6.07, 6.45) is 0.580. The predicted molar refractivity (Wildman–Crippen MR) is 62.1 cm³/mol. The summed E-state index contributed by atoms with van der Waals surface area (Å²) in [5, 5.41) is 0. The standard InChI is InChI=1S/C11H15BrFNO/c1-11(14,6-7-15-2)8-4-3-5-9(12)10(8)13/h3-5H,6-7,14H2,1-2H3. The predicted octanol–water partition coefficient (Wildman–Crippen LogP) is 2.80. The lowest BCUT2D eigenvalue weighted by Gasteiger charge is -2.25. The maximum Gasteiger partial charge on any atom is 0.142 e. The molecule has 0 spiro atoms. The monoisotopic (exact) mass is 275 g/mol. The van der Waals surface area contributed by atoms with Crippen LogP contribution >= 0.6 is 15.9 Å². The summed E-state index contributed by atoms with van der Waals surface area (Å²) < 4.78 is 19.2. The zero-order valence-corrected chi connectivity index (χ0v) is 10.5. The van der Waals surface area contributed by atoms with Crippen LogP contribution in [0.25, 0.3) is 0 Å². The third-order valence-electron chi connectivity index (χ3n) is 2.39. The van der Waals surface area contributed by atoms with Gasteiger partial charge < -0.3 is 10.5 Å². The van der Waals surface area contributed by atoms with E-state index in [0.29, 0.717) is 23.1 Å². The van der Waals surface area contributed by atoms with Gasteiger partial charge in [0, 0.05) is 24.8 Å². The topological polar surface area (TPSA) is 35.2 Å². The Morgan fingerprint density at radius 2 is 2.20 bits per heavy atom. The van der Waals surface area contributed by atoms with Crippen molar-refractivity contribution in [1.29, 1.82) is 0 Å². The van der Waals surface area contributed by atoms with Gasteiger partial charge in [-0.05, 0) is 35.3 Å². The minimum atomic E-state index is -0.704. The highest BCUT2D eigenvalue weighted by atomic mass is 79.9. The molecule has 84 valence electrons. The zero-order chi connectivity index (χ0) is 11.5. The van der Waals surface area contributed by atoms with Gasteiger partial charge in [-0.25, -0.2) is 4.39 Å². The van der Waals surface area contributed by atoms with Crippen LogP contribution in [0, 0.1) is 5.82 Å². The number of ether oxygens (including phenoxy) is 1. The second kappa shape index (κ2) is 5.05. The molecule has 0 saturated carbocycles. The number of hydrogen-bond acceptors (Lipinski definition) is 2. The van der Waals surface area contributed by atoms with E-state index in [-0.39, 0.29) is 5.82 Å². The Balaban J connectivity index is 2.98. The van der Waals surface area contributed by atoms with Gasteiger partial charge in [0.25, 0.3) is 0 Å². The molecule has 1 unspecified atom stereocenters. The van der Waals surface area contributed by atoms with Crippen molar-refractivity contribution in [3.63, 3.8) is 0 Å². The lowest BCUT2D eigenvalue weighted by Crippen LogP contribution is -2.35. The molecular weight excluding hydrogens is 261 g/mol. The first-order valence-corrected chi connectivity index (χ1v) is 5.50. The van der Waals surface area contributed by atoms with Gasteiger partial charge in [0.2, 0.25) is 0 Å². The fourth-order valence-corrected chi connectivity index (χ4v) is 1.76. The maximum absolute atomic E-state index is 13.8. The van der Waals surface area contributed by atoms with E-state index in [2.05, 4.69) is 15.9 Å². The average Bonchev–Trinajstić information content (AvgIpc) is 2.19. The highest BCUT2D eigenvalue weighted by molar-refractivity contribution is 9.10.